The molecule has 24 heavy (non-hydrogen) atoms. The van der Waals surface area contributed by atoms with Crippen molar-refractivity contribution in [1.29, 1.82) is 0 Å². The quantitative estimate of drug-likeness (QED) is 0.472. The summed E-state index contributed by atoms with van der Waals surface area (Å²) in [6.45, 7) is 7.74. The molecule has 5 nitrogen and oxygen atoms in total. The molecule has 0 spiro atoms. The van der Waals surface area contributed by atoms with Gasteiger partial charge in [0.15, 0.2) is 17.8 Å². The number of carbonyl (C=O) groups is 1. The highest BCUT2D eigenvalue weighted by atomic mass is 16.7. The first kappa shape index (κ1) is 17.6. The lowest BCUT2D eigenvalue weighted by Crippen LogP contribution is -2.16. The van der Waals surface area contributed by atoms with Gasteiger partial charge in [-0.3, -0.25) is 0 Å². The van der Waals surface area contributed by atoms with Crippen molar-refractivity contribution in [1.82, 2.24) is 0 Å². The third-order valence-electron chi connectivity index (χ3n) is 3.22. The van der Waals surface area contributed by atoms with Crippen molar-refractivity contribution in [2.24, 2.45) is 0 Å². The predicted octanol–water partition coefficient (Wildman–Crippen LogP) is 4.02. The minimum absolute atomic E-state index is 0.131. The van der Waals surface area contributed by atoms with E-state index < -0.39 is 12.3 Å². The molecule has 126 valence electrons. The molecule has 0 bridgehead atoms. The zero-order valence-corrected chi connectivity index (χ0v) is 13.7. The predicted molar refractivity (Wildman–Crippen MR) is 91.3 cm³/mol. The van der Waals surface area contributed by atoms with Gasteiger partial charge in [-0.05, 0) is 43.7 Å². The highest BCUT2D eigenvalue weighted by Crippen LogP contribution is 2.31. The molecule has 0 heterocycles. The summed E-state index contributed by atoms with van der Waals surface area (Å²) in [5, 5.41) is 9.98. The molecule has 0 saturated carbocycles. The van der Waals surface area contributed by atoms with E-state index in [2.05, 4.69) is 6.58 Å². The van der Waals surface area contributed by atoms with Gasteiger partial charge in [0.1, 0.15) is 5.75 Å². The summed E-state index contributed by atoms with van der Waals surface area (Å²) in [6.07, 6.45) is 1.20. The summed E-state index contributed by atoms with van der Waals surface area (Å²) < 4.78 is 15.9. The van der Waals surface area contributed by atoms with Crippen molar-refractivity contribution >= 4 is 12.0 Å². The van der Waals surface area contributed by atoms with E-state index in [4.69, 9.17) is 14.2 Å². The summed E-state index contributed by atoms with van der Waals surface area (Å²) in [7, 11) is 0. The maximum Gasteiger partial charge on any atom is 0.343 e. The number of phenolic OH excluding ortho intramolecular Hbond substituents is 1. The first-order chi connectivity index (χ1) is 11.5. The van der Waals surface area contributed by atoms with E-state index in [1.807, 2.05) is 6.92 Å². The molecule has 5 heteroatoms. The van der Waals surface area contributed by atoms with Crippen LogP contribution < -0.4 is 9.47 Å². The van der Waals surface area contributed by atoms with Crippen molar-refractivity contribution in [2.75, 3.05) is 6.61 Å². The Bertz CT molecular complexity index is 706. The Morgan fingerprint density at radius 3 is 2.54 bits per heavy atom. The van der Waals surface area contributed by atoms with E-state index >= 15 is 0 Å². The van der Waals surface area contributed by atoms with Crippen LogP contribution in [-0.4, -0.2) is 24.0 Å². The highest BCUT2D eigenvalue weighted by Gasteiger charge is 2.12. The van der Waals surface area contributed by atoms with Crippen LogP contribution in [0.4, 0.5) is 0 Å². The number of esters is 1. The van der Waals surface area contributed by atoms with Gasteiger partial charge in [0.25, 0.3) is 0 Å². The molecular weight excluding hydrogens is 308 g/mol. The monoisotopic (exact) mass is 328 g/mol. The Labute approximate surface area is 141 Å². The van der Waals surface area contributed by atoms with Crippen molar-refractivity contribution in [3.63, 3.8) is 0 Å². The topological polar surface area (TPSA) is 65.0 Å². The van der Waals surface area contributed by atoms with E-state index in [1.54, 1.807) is 43.3 Å². The summed E-state index contributed by atoms with van der Waals surface area (Å²) in [5.74, 6) is -0.164. The van der Waals surface area contributed by atoms with Crippen LogP contribution in [0.15, 0.2) is 49.0 Å². The first-order valence-electron chi connectivity index (χ1n) is 7.59. The molecule has 0 saturated heterocycles. The molecule has 1 atom stereocenters. The van der Waals surface area contributed by atoms with E-state index in [1.165, 1.54) is 12.1 Å². The minimum Gasteiger partial charge on any atom is -0.504 e. The molecule has 1 N–H and O–H groups in total. The van der Waals surface area contributed by atoms with Crippen LogP contribution >= 0.6 is 0 Å². The maximum atomic E-state index is 12.1. The standard InChI is InChI=1S/C19H20O5/c1-4-14-6-8-15(9-7-14)19(21)24-16-10-11-18(17(20)12-16)23-13(3)22-5-2/h4,6-13,20H,1,5H2,2-3H3. The second-order valence-corrected chi connectivity index (χ2v) is 4.99. The number of benzene rings is 2. The van der Waals surface area contributed by atoms with Gasteiger partial charge in [-0.25, -0.2) is 4.79 Å². The lowest BCUT2D eigenvalue weighted by molar-refractivity contribution is -0.0624. The normalized spacial score (nSPS) is 11.6. The summed E-state index contributed by atoms with van der Waals surface area (Å²) in [5.41, 5.74) is 1.32. The molecule has 0 aliphatic heterocycles. The maximum absolute atomic E-state index is 12.1. The largest absolute Gasteiger partial charge is 0.504 e. The molecule has 0 radical (unpaired) electrons. The summed E-state index contributed by atoms with van der Waals surface area (Å²) in [6, 6.07) is 11.2. The highest BCUT2D eigenvalue weighted by molar-refractivity contribution is 5.91. The average Bonchev–Trinajstić information content (AvgIpc) is 2.57. The Morgan fingerprint density at radius 1 is 1.25 bits per heavy atom. The zero-order valence-electron chi connectivity index (χ0n) is 13.7. The molecule has 0 amide bonds. The number of hydrogen-bond acceptors (Lipinski definition) is 5. The third kappa shape index (κ3) is 4.60. The van der Waals surface area contributed by atoms with E-state index in [-0.39, 0.29) is 17.2 Å². The summed E-state index contributed by atoms with van der Waals surface area (Å²) in [4.78, 5) is 12.1. The van der Waals surface area contributed by atoms with Gasteiger partial charge < -0.3 is 19.3 Å². The van der Waals surface area contributed by atoms with Crippen LogP contribution in [0.2, 0.25) is 0 Å². The Kier molecular flexibility index (Phi) is 5.98. The van der Waals surface area contributed by atoms with E-state index in [9.17, 15) is 9.90 Å². The van der Waals surface area contributed by atoms with Crippen LogP contribution in [0.5, 0.6) is 17.2 Å². The van der Waals surface area contributed by atoms with E-state index in [0.29, 0.717) is 12.2 Å². The van der Waals surface area contributed by atoms with Gasteiger partial charge in [0, 0.05) is 12.7 Å². The molecule has 2 aromatic rings. The summed E-state index contributed by atoms with van der Waals surface area (Å²) >= 11 is 0. The van der Waals surface area contributed by atoms with Crippen LogP contribution in [-0.2, 0) is 4.74 Å². The van der Waals surface area contributed by atoms with Crippen LogP contribution in [0.1, 0.15) is 29.8 Å². The van der Waals surface area contributed by atoms with Crippen LogP contribution in [0.25, 0.3) is 6.08 Å². The molecular formula is C19H20O5. The molecule has 0 aliphatic rings. The Balaban J connectivity index is 2.05. The zero-order chi connectivity index (χ0) is 17.5. The van der Waals surface area contributed by atoms with Crippen molar-refractivity contribution in [3.05, 3.63) is 60.2 Å². The van der Waals surface area contributed by atoms with Gasteiger partial charge in [-0.15, -0.1) is 0 Å². The number of aromatic hydroxyl groups is 1. The van der Waals surface area contributed by atoms with Crippen LogP contribution in [0.3, 0.4) is 0 Å². The van der Waals surface area contributed by atoms with Gasteiger partial charge in [0.05, 0.1) is 5.56 Å². The van der Waals surface area contributed by atoms with Gasteiger partial charge >= 0.3 is 5.97 Å². The third-order valence-corrected chi connectivity index (χ3v) is 3.22. The number of carbonyl (C=O) groups excluding carboxylic acids is 1. The second-order valence-electron chi connectivity index (χ2n) is 4.99. The smallest absolute Gasteiger partial charge is 0.343 e. The molecule has 0 fully saturated rings. The molecule has 2 rings (SSSR count). The van der Waals surface area contributed by atoms with Gasteiger partial charge in [0.2, 0.25) is 0 Å². The van der Waals surface area contributed by atoms with Crippen molar-refractivity contribution in [2.45, 2.75) is 20.1 Å². The van der Waals surface area contributed by atoms with Crippen molar-refractivity contribution < 1.29 is 24.1 Å². The molecule has 1 unspecified atom stereocenters. The second kappa shape index (κ2) is 8.17. The lowest BCUT2D eigenvalue weighted by atomic mass is 10.1. The molecule has 0 aromatic heterocycles. The first-order valence-corrected chi connectivity index (χ1v) is 7.59. The fraction of sp³-hybridized carbons (Fsp3) is 0.211. The SMILES string of the molecule is C=Cc1ccc(C(=O)Oc2ccc(OC(C)OCC)c(O)c2)cc1. The van der Waals surface area contributed by atoms with Crippen LogP contribution in [0, 0.1) is 0 Å². The fourth-order valence-electron chi connectivity index (χ4n) is 2.03. The van der Waals surface area contributed by atoms with Gasteiger partial charge in [-0.1, -0.05) is 24.8 Å². The fourth-order valence-corrected chi connectivity index (χ4v) is 2.03. The number of rotatable bonds is 7. The molecule has 2 aromatic carbocycles. The molecule has 0 aliphatic carbocycles. The minimum atomic E-state index is -0.513. The van der Waals surface area contributed by atoms with Gasteiger partial charge in [-0.2, -0.15) is 0 Å². The number of hydrogen-bond donors (Lipinski definition) is 1. The number of phenols is 1. The number of ether oxygens (including phenoxy) is 3. The lowest BCUT2D eigenvalue weighted by Gasteiger charge is -2.15. The Hall–Kier alpha value is -2.79. The average molecular weight is 328 g/mol. The van der Waals surface area contributed by atoms with E-state index in [0.717, 1.165) is 5.56 Å². The van der Waals surface area contributed by atoms with Crippen molar-refractivity contribution in [3.8, 4) is 17.2 Å². The Morgan fingerprint density at radius 2 is 1.96 bits per heavy atom.